The van der Waals surface area contributed by atoms with Crippen molar-refractivity contribution in [1.82, 2.24) is 4.98 Å². The first-order valence-corrected chi connectivity index (χ1v) is 7.74. The summed E-state index contributed by atoms with van der Waals surface area (Å²) in [6.07, 6.45) is 0. The molecule has 2 nitrogen and oxygen atoms in total. The number of nitrogens with zero attached hydrogens (tertiary/aromatic N) is 2. The van der Waals surface area contributed by atoms with E-state index in [-0.39, 0.29) is 10.9 Å². The number of rotatable bonds is 1. The number of aliphatic imine (C=N–C) groups is 1. The van der Waals surface area contributed by atoms with Crippen LogP contribution >= 0.6 is 22.2 Å². The summed E-state index contributed by atoms with van der Waals surface area (Å²) in [5.74, 6) is 0. The Kier molecular flexibility index (Phi) is 2.25. The predicted molar refractivity (Wildman–Crippen MR) is 78.3 cm³/mol. The summed E-state index contributed by atoms with van der Waals surface area (Å²) in [6.45, 7) is 0. The summed E-state index contributed by atoms with van der Waals surface area (Å²) in [7, 11) is -0.0825. The highest BCUT2D eigenvalue weighted by Crippen LogP contribution is 2.52. The second-order valence-electron chi connectivity index (χ2n) is 3.99. The molecule has 0 aliphatic carbocycles. The quantitative estimate of drug-likeness (QED) is 0.631. The summed E-state index contributed by atoms with van der Waals surface area (Å²) in [4.78, 5) is 10.5. The average Bonchev–Trinajstić information content (AvgIpc) is 3.02. The maximum Gasteiger partial charge on any atom is 0.151 e. The van der Waals surface area contributed by atoms with E-state index >= 15 is 0 Å². The van der Waals surface area contributed by atoms with Crippen LogP contribution in [0.1, 0.15) is 0 Å². The summed E-state index contributed by atoms with van der Waals surface area (Å²) in [5, 5.41) is 0. The lowest BCUT2D eigenvalue weighted by Gasteiger charge is -2.06. The van der Waals surface area contributed by atoms with Crippen LogP contribution in [-0.2, 0) is 0 Å². The van der Waals surface area contributed by atoms with Gasteiger partial charge < -0.3 is 0 Å². The molecule has 0 bridgehead atoms. The van der Waals surface area contributed by atoms with Gasteiger partial charge in [0.15, 0.2) is 4.34 Å². The fraction of sp³-hybridized carbons (Fsp3) is 0. The average molecular weight is 269 g/mol. The molecule has 4 heteroatoms. The Balaban J connectivity index is 1.87. The summed E-state index contributed by atoms with van der Waals surface area (Å²) in [6, 6.07) is 16.6. The molecule has 0 saturated heterocycles. The Morgan fingerprint density at radius 3 is 2.72 bits per heavy atom. The fourth-order valence-electron chi connectivity index (χ4n) is 2.00. The molecule has 0 amide bonds. The Morgan fingerprint density at radius 1 is 0.944 bits per heavy atom. The van der Waals surface area contributed by atoms with Crippen LogP contribution in [0.25, 0.3) is 10.2 Å². The molecule has 0 fully saturated rings. The minimum Gasteiger partial charge on any atom is -0.249 e. The molecule has 0 N–H and O–H groups in total. The van der Waals surface area contributed by atoms with Crippen LogP contribution < -0.4 is 0 Å². The van der Waals surface area contributed by atoms with Gasteiger partial charge in [0.25, 0.3) is 0 Å². The van der Waals surface area contributed by atoms with E-state index in [2.05, 4.69) is 41.4 Å². The van der Waals surface area contributed by atoms with Gasteiger partial charge in [0.1, 0.15) is 0 Å². The number of hydrogen-bond acceptors (Lipinski definition) is 3. The molecule has 0 saturated carbocycles. The van der Waals surface area contributed by atoms with Crippen molar-refractivity contribution >= 4 is 43.7 Å². The van der Waals surface area contributed by atoms with Crippen LogP contribution in [0.4, 0.5) is 5.69 Å². The molecule has 2 heterocycles. The number of fused-ring (bicyclic) bond motifs is 2. The highest BCUT2D eigenvalue weighted by molar-refractivity contribution is 8.29. The van der Waals surface area contributed by atoms with Crippen molar-refractivity contribution in [2.45, 2.75) is 9.24 Å². The van der Waals surface area contributed by atoms with Crippen molar-refractivity contribution in [1.29, 1.82) is 0 Å². The smallest absolute Gasteiger partial charge is 0.151 e. The number of benzene rings is 2. The van der Waals surface area contributed by atoms with Gasteiger partial charge in [-0.15, -0.1) is 11.3 Å². The SMILES string of the molecule is C1=Nc2ccccc2[S]1c1nc2ccccc2s1. The van der Waals surface area contributed by atoms with Gasteiger partial charge in [-0.3, -0.25) is 0 Å². The van der Waals surface area contributed by atoms with E-state index in [0.29, 0.717) is 0 Å². The fourth-order valence-corrected chi connectivity index (χ4v) is 5.10. The summed E-state index contributed by atoms with van der Waals surface area (Å²) >= 11 is 1.77. The molecule has 1 radical (unpaired) electrons. The second-order valence-corrected chi connectivity index (χ2v) is 6.99. The van der Waals surface area contributed by atoms with Gasteiger partial charge >= 0.3 is 0 Å². The van der Waals surface area contributed by atoms with Crippen molar-refractivity contribution in [3.63, 3.8) is 0 Å². The summed E-state index contributed by atoms with van der Waals surface area (Å²) < 4.78 is 2.41. The van der Waals surface area contributed by atoms with Crippen LogP contribution in [-0.4, -0.2) is 10.5 Å². The van der Waals surface area contributed by atoms with Crippen LogP contribution in [0, 0.1) is 0 Å². The molecule has 0 unspecified atom stereocenters. The van der Waals surface area contributed by atoms with Crippen LogP contribution in [0.2, 0.25) is 0 Å². The van der Waals surface area contributed by atoms with Crippen molar-refractivity contribution in [3.8, 4) is 0 Å². The van der Waals surface area contributed by atoms with Crippen molar-refractivity contribution in [3.05, 3.63) is 48.5 Å². The highest BCUT2D eigenvalue weighted by Gasteiger charge is 2.21. The van der Waals surface area contributed by atoms with E-state index < -0.39 is 0 Å². The number of thiazole rings is 1. The molecular formula is C14H9N2S2. The minimum absolute atomic E-state index is 0.0825. The third kappa shape index (κ3) is 1.50. The van der Waals surface area contributed by atoms with Crippen LogP contribution in [0.15, 0.2) is 62.8 Å². The zero-order valence-electron chi connectivity index (χ0n) is 9.41. The molecule has 3 aromatic rings. The Hall–Kier alpha value is -1.65. The van der Waals surface area contributed by atoms with E-state index in [1.165, 1.54) is 9.60 Å². The molecule has 1 aliphatic rings. The third-order valence-electron chi connectivity index (χ3n) is 2.86. The zero-order valence-corrected chi connectivity index (χ0v) is 11.0. The van der Waals surface area contributed by atoms with Gasteiger partial charge in [-0.2, -0.15) is 0 Å². The van der Waals surface area contributed by atoms with Gasteiger partial charge in [-0.25, -0.2) is 9.98 Å². The zero-order chi connectivity index (χ0) is 11.9. The lowest BCUT2D eigenvalue weighted by molar-refractivity contribution is 1.29. The third-order valence-corrected chi connectivity index (χ3v) is 6.08. The molecule has 4 rings (SSSR count). The van der Waals surface area contributed by atoms with E-state index in [1.807, 2.05) is 17.7 Å². The molecule has 87 valence electrons. The summed E-state index contributed by atoms with van der Waals surface area (Å²) in [5.41, 5.74) is 4.20. The van der Waals surface area contributed by atoms with Gasteiger partial charge in [-0.05, 0) is 24.3 Å². The maximum absolute atomic E-state index is 4.73. The Bertz CT molecular complexity index is 728. The maximum atomic E-state index is 4.73. The highest BCUT2D eigenvalue weighted by atomic mass is 32.2. The standard InChI is InChI=1S/C14H9N2S2/c1-3-7-12-10(5-1)16-14(17-12)18-9-15-11-6-2-4-8-13(11)18/h1-9H. The molecule has 0 spiro atoms. The first-order chi connectivity index (χ1) is 8.92. The molecule has 1 aliphatic heterocycles. The van der Waals surface area contributed by atoms with Gasteiger partial charge in [0.05, 0.1) is 21.5 Å². The number of aromatic nitrogens is 1. The lowest BCUT2D eigenvalue weighted by atomic mass is 10.3. The van der Waals surface area contributed by atoms with E-state index in [4.69, 9.17) is 4.98 Å². The van der Waals surface area contributed by atoms with Gasteiger partial charge in [0, 0.05) is 4.90 Å². The molecule has 18 heavy (non-hydrogen) atoms. The monoisotopic (exact) mass is 269 g/mol. The van der Waals surface area contributed by atoms with Gasteiger partial charge in [0.2, 0.25) is 0 Å². The van der Waals surface area contributed by atoms with E-state index in [9.17, 15) is 0 Å². The second kappa shape index (κ2) is 3.93. The predicted octanol–water partition coefficient (Wildman–Crippen LogP) is 4.66. The van der Waals surface area contributed by atoms with Crippen molar-refractivity contribution < 1.29 is 0 Å². The normalized spacial score (nSPS) is 14.2. The topological polar surface area (TPSA) is 25.2 Å². The molecule has 2 aromatic carbocycles. The molecule has 0 atom stereocenters. The van der Waals surface area contributed by atoms with Crippen molar-refractivity contribution in [2.75, 3.05) is 0 Å². The molecular weight excluding hydrogens is 260 g/mol. The first kappa shape index (κ1) is 10.3. The first-order valence-electron chi connectivity index (χ1n) is 5.64. The Labute approximate surface area is 111 Å². The van der Waals surface area contributed by atoms with Crippen LogP contribution in [0.5, 0.6) is 0 Å². The largest absolute Gasteiger partial charge is 0.249 e. The minimum atomic E-state index is -0.0825. The molecule has 1 aromatic heterocycles. The lowest BCUT2D eigenvalue weighted by Crippen LogP contribution is -1.80. The van der Waals surface area contributed by atoms with Crippen molar-refractivity contribution in [2.24, 2.45) is 4.99 Å². The van der Waals surface area contributed by atoms with E-state index in [0.717, 1.165) is 15.5 Å². The van der Waals surface area contributed by atoms with Crippen LogP contribution in [0.3, 0.4) is 0 Å². The van der Waals surface area contributed by atoms with Gasteiger partial charge in [-0.1, -0.05) is 35.2 Å². The Morgan fingerprint density at radius 2 is 1.78 bits per heavy atom. The number of para-hydroxylation sites is 2. The number of hydrogen-bond donors (Lipinski definition) is 0. The van der Waals surface area contributed by atoms with E-state index in [1.54, 1.807) is 11.3 Å².